The zero-order valence-corrected chi connectivity index (χ0v) is 25.8. The van der Waals surface area contributed by atoms with Crippen molar-refractivity contribution in [3.63, 3.8) is 0 Å². The minimum atomic E-state index is -0.726. The molecule has 2 aromatic rings. The summed E-state index contributed by atoms with van der Waals surface area (Å²) in [4.78, 5) is 38.1. The largest absolute Gasteiger partial charge is 0.490 e. The highest BCUT2D eigenvalue weighted by molar-refractivity contribution is 6.07. The fourth-order valence-corrected chi connectivity index (χ4v) is 3.42. The van der Waals surface area contributed by atoms with Crippen molar-refractivity contribution in [2.24, 2.45) is 10.8 Å². The van der Waals surface area contributed by atoms with Gasteiger partial charge < -0.3 is 18.9 Å². The topological polar surface area (TPSA) is 88.1 Å². The van der Waals surface area contributed by atoms with Gasteiger partial charge in [-0.15, -0.1) is 0 Å². The third kappa shape index (κ3) is 8.44. The van der Waals surface area contributed by atoms with Crippen molar-refractivity contribution >= 4 is 23.8 Å². The SMILES string of the molecule is CCCOc1c(C=CC(=O)c2ccc(OC(=O)C(C)(C)C)cc2)cc(C(C)(C)C)c(OC(=O)C(C)(C)C)c1OC. The van der Waals surface area contributed by atoms with Crippen molar-refractivity contribution in [3.8, 4) is 23.0 Å². The summed E-state index contributed by atoms with van der Waals surface area (Å²) in [7, 11) is 1.50. The second kappa shape index (κ2) is 12.7. The van der Waals surface area contributed by atoms with E-state index in [1.54, 1.807) is 71.9 Å². The summed E-state index contributed by atoms with van der Waals surface area (Å²) in [5, 5.41) is 0. The van der Waals surface area contributed by atoms with Gasteiger partial charge in [-0.2, -0.15) is 0 Å². The maximum Gasteiger partial charge on any atom is 0.316 e. The molecule has 0 amide bonds. The van der Waals surface area contributed by atoms with Crippen molar-refractivity contribution in [1.29, 1.82) is 0 Å². The number of benzene rings is 2. The number of carbonyl (C=O) groups is 3. The summed E-state index contributed by atoms with van der Waals surface area (Å²) in [5.74, 6) is 0.382. The molecule has 7 nitrogen and oxygen atoms in total. The molecule has 0 bridgehead atoms. The molecular formula is C33H44O7. The van der Waals surface area contributed by atoms with Crippen LogP contribution in [0.5, 0.6) is 23.0 Å². The molecule has 0 saturated heterocycles. The third-order valence-corrected chi connectivity index (χ3v) is 5.86. The first kappa shape index (κ1) is 32.6. The van der Waals surface area contributed by atoms with Crippen LogP contribution in [-0.2, 0) is 15.0 Å². The molecule has 0 aliphatic carbocycles. The first-order valence-corrected chi connectivity index (χ1v) is 13.6. The number of hydrogen-bond donors (Lipinski definition) is 0. The molecule has 7 heteroatoms. The Balaban J connectivity index is 2.53. The Labute approximate surface area is 238 Å². The van der Waals surface area contributed by atoms with Gasteiger partial charge in [-0.3, -0.25) is 14.4 Å². The normalized spacial score (nSPS) is 12.3. The van der Waals surface area contributed by atoms with Crippen LogP contribution in [0, 0.1) is 10.8 Å². The van der Waals surface area contributed by atoms with E-state index in [9.17, 15) is 14.4 Å². The average Bonchev–Trinajstić information content (AvgIpc) is 2.84. The van der Waals surface area contributed by atoms with E-state index in [1.807, 2.05) is 33.8 Å². The van der Waals surface area contributed by atoms with Crippen molar-refractivity contribution in [2.75, 3.05) is 13.7 Å². The van der Waals surface area contributed by atoms with E-state index in [0.29, 0.717) is 40.7 Å². The Hall–Kier alpha value is -3.61. The van der Waals surface area contributed by atoms with Crippen LogP contribution in [0.3, 0.4) is 0 Å². The van der Waals surface area contributed by atoms with Gasteiger partial charge in [0.1, 0.15) is 5.75 Å². The molecule has 2 aromatic carbocycles. The summed E-state index contributed by atoms with van der Waals surface area (Å²) in [6, 6.07) is 8.29. The van der Waals surface area contributed by atoms with Gasteiger partial charge in [0.2, 0.25) is 5.75 Å². The molecule has 0 aliphatic heterocycles. The predicted molar refractivity (Wildman–Crippen MR) is 157 cm³/mol. The second-order valence-corrected chi connectivity index (χ2v) is 12.8. The molecule has 0 atom stereocenters. The lowest BCUT2D eigenvalue weighted by molar-refractivity contribution is -0.143. The maximum absolute atomic E-state index is 13.1. The van der Waals surface area contributed by atoms with Crippen LogP contribution in [0.2, 0.25) is 0 Å². The van der Waals surface area contributed by atoms with Crippen LogP contribution in [0.1, 0.15) is 97.1 Å². The average molecular weight is 553 g/mol. The standard InChI is InChI=1S/C33H44O7/c1-12-19-38-26-22(15-18-25(34)21-13-16-23(17-14-21)39-29(35)32(5,6)7)20-24(31(2,3)4)27(28(26)37-11)40-30(36)33(8,9)10/h13-18,20H,12,19H2,1-11H3. The van der Waals surface area contributed by atoms with Gasteiger partial charge in [-0.05, 0) is 95.9 Å². The lowest BCUT2D eigenvalue weighted by atomic mass is 9.84. The Kier molecular flexibility index (Phi) is 10.4. The molecule has 0 aliphatic rings. The minimum absolute atomic E-state index is 0.241. The smallest absolute Gasteiger partial charge is 0.316 e. The number of hydrogen-bond acceptors (Lipinski definition) is 7. The number of esters is 2. The van der Waals surface area contributed by atoms with Gasteiger partial charge >= 0.3 is 11.9 Å². The van der Waals surface area contributed by atoms with Crippen LogP contribution >= 0.6 is 0 Å². The Morgan fingerprint density at radius 1 is 0.775 bits per heavy atom. The van der Waals surface area contributed by atoms with Gasteiger partial charge in [-0.1, -0.05) is 27.7 Å². The van der Waals surface area contributed by atoms with Crippen molar-refractivity contribution in [2.45, 2.75) is 81.1 Å². The minimum Gasteiger partial charge on any atom is -0.490 e. The maximum atomic E-state index is 13.1. The molecule has 0 saturated carbocycles. The number of carbonyl (C=O) groups excluding carboxylic acids is 3. The van der Waals surface area contributed by atoms with Crippen LogP contribution in [0.4, 0.5) is 0 Å². The molecule has 0 N–H and O–H groups in total. The summed E-state index contributed by atoms with van der Waals surface area (Å²) in [5.41, 5.74) is 0.00889. The highest BCUT2D eigenvalue weighted by Gasteiger charge is 2.32. The molecule has 218 valence electrons. The predicted octanol–water partition coefficient (Wildman–Crippen LogP) is 7.58. The molecule has 2 rings (SSSR count). The highest BCUT2D eigenvalue weighted by Crippen LogP contribution is 2.48. The zero-order chi connectivity index (χ0) is 30.5. The van der Waals surface area contributed by atoms with Crippen LogP contribution in [-0.4, -0.2) is 31.4 Å². The van der Waals surface area contributed by atoms with Gasteiger partial charge in [0.15, 0.2) is 17.3 Å². The summed E-state index contributed by atoms with van der Waals surface area (Å²) >= 11 is 0. The van der Waals surface area contributed by atoms with Crippen molar-refractivity contribution in [3.05, 3.63) is 53.1 Å². The fraction of sp³-hybridized carbons (Fsp3) is 0.485. The molecule has 0 radical (unpaired) electrons. The van der Waals surface area contributed by atoms with Crippen LogP contribution < -0.4 is 18.9 Å². The molecule has 40 heavy (non-hydrogen) atoms. The van der Waals surface area contributed by atoms with E-state index in [-0.39, 0.29) is 11.8 Å². The van der Waals surface area contributed by atoms with E-state index in [0.717, 1.165) is 12.0 Å². The first-order valence-electron chi connectivity index (χ1n) is 13.6. The van der Waals surface area contributed by atoms with E-state index < -0.39 is 22.2 Å². The van der Waals surface area contributed by atoms with Gasteiger partial charge in [-0.25, -0.2) is 0 Å². The Bertz CT molecular complexity index is 1250. The third-order valence-electron chi connectivity index (χ3n) is 5.86. The fourth-order valence-electron chi connectivity index (χ4n) is 3.42. The van der Waals surface area contributed by atoms with E-state index in [2.05, 4.69) is 0 Å². The number of methoxy groups -OCH3 is 1. The molecular weight excluding hydrogens is 508 g/mol. The van der Waals surface area contributed by atoms with Gasteiger partial charge in [0.25, 0.3) is 0 Å². The number of ketones is 1. The number of ether oxygens (including phenoxy) is 4. The number of allylic oxidation sites excluding steroid dienone is 1. The second-order valence-electron chi connectivity index (χ2n) is 12.8. The van der Waals surface area contributed by atoms with Gasteiger partial charge in [0.05, 0.1) is 24.5 Å². The summed E-state index contributed by atoms with van der Waals surface area (Å²) in [6.45, 7) is 19.1. The monoisotopic (exact) mass is 552 g/mol. The quantitative estimate of drug-likeness (QED) is 0.137. The Morgan fingerprint density at radius 2 is 1.32 bits per heavy atom. The molecule has 0 heterocycles. The number of rotatable bonds is 9. The van der Waals surface area contributed by atoms with Gasteiger partial charge in [0, 0.05) is 16.7 Å². The van der Waals surface area contributed by atoms with E-state index in [4.69, 9.17) is 18.9 Å². The van der Waals surface area contributed by atoms with E-state index >= 15 is 0 Å². The lowest BCUT2D eigenvalue weighted by Crippen LogP contribution is -2.27. The molecule has 0 aromatic heterocycles. The van der Waals surface area contributed by atoms with Crippen LogP contribution in [0.15, 0.2) is 36.4 Å². The van der Waals surface area contributed by atoms with Crippen LogP contribution in [0.25, 0.3) is 6.08 Å². The summed E-state index contributed by atoms with van der Waals surface area (Å²) in [6.07, 6.45) is 3.88. The van der Waals surface area contributed by atoms with Crippen molar-refractivity contribution < 1.29 is 33.3 Å². The van der Waals surface area contributed by atoms with E-state index in [1.165, 1.54) is 13.2 Å². The lowest BCUT2D eigenvalue weighted by Gasteiger charge is -2.28. The molecule has 0 unspecified atom stereocenters. The molecule has 0 spiro atoms. The first-order chi connectivity index (χ1) is 18.4. The summed E-state index contributed by atoms with van der Waals surface area (Å²) < 4.78 is 23.1. The Morgan fingerprint density at radius 3 is 1.80 bits per heavy atom. The highest BCUT2D eigenvalue weighted by atomic mass is 16.6. The zero-order valence-electron chi connectivity index (χ0n) is 25.8. The molecule has 0 fully saturated rings. The van der Waals surface area contributed by atoms with Crippen molar-refractivity contribution in [1.82, 2.24) is 0 Å².